The molecule has 2 bridgehead atoms. The van der Waals surface area contributed by atoms with Crippen LogP contribution in [0, 0.1) is 17.7 Å². The van der Waals surface area contributed by atoms with E-state index in [-0.39, 0.29) is 5.82 Å². The minimum absolute atomic E-state index is 0.269. The number of benzene rings is 1. The van der Waals surface area contributed by atoms with Crippen molar-refractivity contribution < 1.29 is 4.39 Å². The maximum Gasteiger partial charge on any atom is 0.171 e. The van der Waals surface area contributed by atoms with E-state index in [4.69, 9.17) is 12.2 Å². The van der Waals surface area contributed by atoms with E-state index in [2.05, 4.69) is 10.6 Å². The van der Waals surface area contributed by atoms with Crippen molar-refractivity contribution in [3.05, 3.63) is 30.1 Å². The summed E-state index contributed by atoms with van der Waals surface area (Å²) >= 11 is 5.26. The van der Waals surface area contributed by atoms with E-state index in [1.165, 1.54) is 31.7 Å². The smallest absolute Gasteiger partial charge is 0.171 e. The number of thiocarbonyl (C=S) groups is 1. The zero-order valence-electron chi connectivity index (χ0n) is 10.2. The normalized spacial score (nSPS) is 29.3. The highest BCUT2D eigenvalue weighted by Crippen LogP contribution is 2.44. The summed E-state index contributed by atoms with van der Waals surface area (Å²) in [5.41, 5.74) is 0.443. The van der Waals surface area contributed by atoms with Gasteiger partial charge in [-0.05, 0) is 55.4 Å². The highest BCUT2D eigenvalue weighted by Gasteiger charge is 2.39. The highest BCUT2D eigenvalue weighted by atomic mass is 32.1. The Morgan fingerprint density at radius 3 is 2.72 bits per heavy atom. The van der Waals surface area contributed by atoms with Gasteiger partial charge in [0.15, 0.2) is 5.11 Å². The summed E-state index contributed by atoms with van der Waals surface area (Å²) in [6.07, 6.45) is 5.23. The molecule has 2 aliphatic rings. The summed E-state index contributed by atoms with van der Waals surface area (Å²) in [5.74, 6) is 1.37. The fraction of sp³-hybridized carbons (Fsp3) is 0.500. The number of halogens is 1. The van der Waals surface area contributed by atoms with Gasteiger partial charge in [0.2, 0.25) is 0 Å². The Bertz CT molecular complexity index is 463. The number of anilines is 1. The predicted octanol–water partition coefficient (Wildman–Crippen LogP) is 3.30. The van der Waals surface area contributed by atoms with Gasteiger partial charge in [0, 0.05) is 6.04 Å². The minimum atomic E-state index is -0.269. The summed E-state index contributed by atoms with van der Waals surface area (Å²) in [5, 5.41) is 6.82. The van der Waals surface area contributed by atoms with Gasteiger partial charge in [-0.15, -0.1) is 0 Å². The molecular weight excluding hydrogens is 247 g/mol. The van der Waals surface area contributed by atoms with Crippen LogP contribution in [0.15, 0.2) is 24.3 Å². The minimum Gasteiger partial charge on any atom is -0.359 e. The Hall–Kier alpha value is -1.16. The fourth-order valence-corrected chi connectivity index (χ4v) is 3.57. The first-order chi connectivity index (χ1) is 8.72. The first kappa shape index (κ1) is 11.9. The fourth-order valence-electron chi connectivity index (χ4n) is 3.31. The molecule has 0 aromatic heterocycles. The molecule has 4 heteroatoms. The van der Waals surface area contributed by atoms with Crippen LogP contribution < -0.4 is 10.6 Å². The molecule has 2 saturated carbocycles. The Kier molecular flexibility index (Phi) is 3.20. The summed E-state index contributed by atoms with van der Waals surface area (Å²) in [6.45, 7) is 0. The van der Waals surface area contributed by atoms with Gasteiger partial charge >= 0.3 is 0 Å². The molecule has 0 radical (unpaired) electrons. The number of fused-ring (bicyclic) bond motifs is 2. The largest absolute Gasteiger partial charge is 0.359 e. The Morgan fingerprint density at radius 2 is 2.06 bits per heavy atom. The zero-order valence-corrected chi connectivity index (χ0v) is 11.0. The average molecular weight is 264 g/mol. The van der Waals surface area contributed by atoms with Crippen LogP contribution in [0.5, 0.6) is 0 Å². The molecule has 3 atom stereocenters. The Labute approximate surface area is 112 Å². The van der Waals surface area contributed by atoms with Gasteiger partial charge in [-0.25, -0.2) is 4.39 Å². The number of hydrogen-bond acceptors (Lipinski definition) is 1. The predicted molar refractivity (Wildman–Crippen MR) is 75.0 cm³/mol. The van der Waals surface area contributed by atoms with Gasteiger partial charge in [-0.2, -0.15) is 0 Å². The molecule has 2 N–H and O–H groups in total. The van der Waals surface area contributed by atoms with Crippen molar-refractivity contribution in [3.63, 3.8) is 0 Å². The molecule has 2 fully saturated rings. The third-order valence-corrected chi connectivity index (χ3v) is 4.40. The second-order valence-corrected chi connectivity index (χ2v) is 5.77. The standard InChI is InChI=1S/C14H17FN2S/c15-11-3-1-2-4-12(11)16-14(18)17-13-8-9-5-6-10(13)7-9/h1-4,9-10,13H,5-8H2,(H2,16,17,18)/t9-,10-,13-/m1/s1. The molecule has 0 saturated heterocycles. The lowest BCUT2D eigenvalue weighted by atomic mass is 9.96. The van der Waals surface area contributed by atoms with Gasteiger partial charge < -0.3 is 10.6 Å². The second-order valence-electron chi connectivity index (χ2n) is 5.36. The van der Waals surface area contributed by atoms with Crippen molar-refractivity contribution in [1.29, 1.82) is 0 Å². The van der Waals surface area contributed by atoms with Crippen molar-refractivity contribution >= 4 is 23.0 Å². The Balaban J connectivity index is 1.58. The number of rotatable bonds is 2. The van der Waals surface area contributed by atoms with Gasteiger partial charge in [0.1, 0.15) is 5.82 Å². The van der Waals surface area contributed by atoms with Crippen molar-refractivity contribution in [2.24, 2.45) is 11.8 Å². The SMILES string of the molecule is Fc1ccccc1NC(=S)N[C@@H]1C[C@@H]2CC[C@@H]1C2. The molecule has 2 aliphatic carbocycles. The van der Waals surface area contributed by atoms with Crippen LogP contribution >= 0.6 is 12.2 Å². The molecule has 0 amide bonds. The van der Waals surface area contributed by atoms with Gasteiger partial charge in [0.25, 0.3) is 0 Å². The summed E-state index contributed by atoms with van der Waals surface area (Å²) < 4.78 is 13.5. The lowest BCUT2D eigenvalue weighted by Crippen LogP contribution is -2.40. The van der Waals surface area contributed by atoms with Crippen LogP contribution in [0.25, 0.3) is 0 Å². The monoisotopic (exact) mass is 264 g/mol. The van der Waals surface area contributed by atoms with Crippen molar-refractivity contribution in [3.8, 4) is 0 Å². The molecule has 0 spiro atoms. The van der Waals surface area contributed by atoms with E-state index in [9.17, 15) is 4.39 Å². The van der Waals surface area contributed by atoms with Crippen LogP contribution in [0.3, 0.4) is 0 Å². The first-order valence-electron chi connectivity index (χ1n) is 6.54. The molecule has 96 valence electrons. The van der Waals surface area contributed by atoms with Crippen molar-refractivity contribution in [2.75, 3.05) is 5.32 Å². The van der Waals surface area contributed by atoms with E-state index in [0.717, 1.165) is 11.8 Å². The topological polar surface area (TPSA) is 24.1 Å². The van der Waals surface area contributed by atoms with Gasteiger partial charge in [-0.1, -0.05) is 18.6 Å². The molecule has 0 unspecified atom stereocenters. The van der Waals surface area contributed by atoms with Crippen molar-refractivity contribution in [1.82, 2.24) is 5.32 Å². The van der Waals surface area contributed by atoms with Crippen LogP contribution in [0.2, 0.25) is 0 Å². The second kappa shape index (κ2) is 4.84. The molecule has 18 heavy (non-hydrogen) atoms. The lowest BCUT2D eigenvalue weighted by molar-refractivity contribution is 0.391. The van der Waals surface area contributed by atoms with Crippen LogP contribution in [0.4, 0.5) is 10.1 Å². The molecule has 0 aliphatic heterocycles. The third kappa shape index (κ3) is 2.34. The van der Waals surface area contributed by atoms with Crippen molar-refractivity contribution in [2.45, 2.75) is 31.7 Å². The zero-order chi connectivity index (χ0) is 12.5. The molecule has 1 aromatic carbocycles. The Morgan fingerprint density at radius 1 is 1.22 bits per heavy atom. The molecular formula is C14H17FN2S. The van der Waals surface area contributed by atoms with E-state index in [0.29, 0.717) is 16.8 Å². The van der Waals surface area contributed by atoms with E-state index in [1.807, 2.05) is 0 Å². The van der Waals surface area contributed by atoms with Gasteiger partial charge in [0.05, 0.1) is 5.69 Å². The number of hydrogen-bond donors (Lipinski definition) is 2. The number of para-hydroxylation sites is 1. The molecule has 2 nitrogen and oxygen atoms in total. The maximum absolute atomic E-state index is 13.5. The van der Waals surface area contributed by atoms with E-state index < -0.39 is 0 Å². The molecule has 0 heterocycles. The van der Waals surface area contributed by atoms with Crippen LogP contribution in [-0.2, 0) is 0 Å². The van der Waals surface area contributed by atoms with E-state index in [1.54, 1.807) is 18.2 Å². The number of nitrogens with one attached hydrogen (secondary N) is 2. The molecule has 1 aromatic rings. The van der Waals surface area contributed by atoms with Crippen LogP contribution in [-0.4, -0.2) is 11.2 Å². The van der Waals surface area contributed by atoms with Crippen LogP contribution in [0.1, 0.15) is 25.7 Å². The third-order valence-electron chi connectivity index (χ3n) is 4.18. The highest BCUT2D eigenvalue weighted by molar-refractivity contribution is 7.80. The summed E-state index contributed by atoms with van der Waals surface area (Å²) in [7, 11) is 0. The molecule has 3 rings (SSSR count). The quantitative estimate of drug-likeness (QED) is 0.801. The van der Waals surface area contributed by atoms with Gasteiger partial charge in [-0.3, -0.25) is 0 Å². The average Bonchev–Trinajstić information content (AvgIpc) is 2.94. The first-order valence-corrected chi connectivity index (χ1v) is 6.95. The maximum atomic E-state index is 13.5. The lowest BCUT2D eigenvalue weighted by Gasteiger charge is -2.24. The summed E-state index contributed by atoms with van der Waals surface area (Å²) in [4.78, 5) is 0. The van der Waals surface area contributed by atoms with E-state index >= 15 is 0 Å². The summed E-state index contributed by atoms with van der Waals surface area (Å²) in [6, 6.07) is 7.08.